The van der Waals surface area contributed by atoms with E-state index in [1.165, 1.54) is 16.2 Å². The number of aromatic nitrogens is 6. The Morgan fingerprint density at radius 1 is 0.482 bits per heavy atom. The van der Waals surface area contributed by atoms with E-state index < -0.39 is 0 Å². The highest BCUT2D eigenvalue weighted by atomic mass is 16.5. The van der Waals surface area contributed by atoms with E-state index in [1.807, 2.05) is 54.9 Å². The molecule has 10 rings (SSSR count). The number of fused-ring (bicyclic) bond motifs is 13. The van der Waals surface area contributed by atoms with Gasteiger partial charge in [0.1, 0.15) is 11.5 Å². The summed E-state index contributed by atoms with van der Waals surface area (Å²) in [5, 5.41) is 8.77. The second-order valence-electron chi connectivity index (χ2n) is 14.1. The fraction of sp³-hybridized carbons (Fsp3) is 0.0833. The van der Waals surface area contributed by atoms with Crippen LogP contribution in [-0.4, -0.2) is 43.1 Å². The molecule has 8 bridgehead atoms. The molecule has 0 saturated carbocycles. The number of hydrogen-bond acceptors (Lipinski definition) is 4. The van der Waals surface area contributed by atoms with Gasteiger partial charge in [0.15, 0.2) is 0 Å². The molecule has 1 aliphatic heterocycles. The summed E-state index contributed by atoms with van der Waals surface area (Å²) in [6.07, 6.45) is 13.7. The number of nitrogens with one attached hydrogen (secondary N) is 4. The minimum absolute atomic E-state index is 0.481. The monoisotopic (exact) mass is 730 g/mol. The molecule has 0 spiro atoms. The van der Waals surface area contributed by atoms with Crippen molar-refractivity contribution >= 4 is 45.8 Å². The number of nitrogens with zero attached hydrogens (tertiary/aromatic N) is 2. The Labute approximate surface area is 322 Å². The summed E-state index contributed by atoms with van der Waals surface area (Å²) in [5.41, 5.74) is 7.91. The summed E-state index contributed by atoms with van der Waals surface area (Å²) in [4.78, 5) is 23.7. The zero-order valence-corrected chi connectivity index (χ0v) is 30.6. The number of rotatable bonds is 9. The smallest absolute Gasteiger partial charge is 0.123 e. The number of H-pyrrole nitrogens is 4. The van der Waals surface area contributed by atoms with Crippen molar-refractivity contribution < 1.29 is 9.47 Å². The van der Waals surface area contributed by atoms with Crippen molar-refractivity contribution in [3.05, 3.63) is 189 Å². The minimum Gasteiger partial charge on any atom is -0.493 e. The van der Waals surface area contributed by atoms with Gasteiger partial charge in [-0.3, -0.25) is 9.97 Å². The maximum atomic E-state index is 6.42. The second kappa shape index (κ2) is 14.5. The fourth-order valence-corrected chi connectivity index (χ4v) is 7.57. The van der Waals surface area contributed by atoms with Crippen LogP contribution in [0.4, 0.5) is 0 Å². The first kappa shape index (κ1) is 33.3. The minimum atomic E-state index is 0.481. The predicted molar refractivity (Wildman–Crippen MR) is 223 cm³/mol. The zero-order valence-electron chi connectivity index (χ0n) is 30.6. The molecule has 0 fully saturated rings. The fourth-order valence-electron chi connectivity index (χ4n) is 7.57. The zero-order chi connectivity index (χ0) is 37.3. The highest BCUT2D eigenvalue weighted by Crippen LogP contribution is 2.34. The van der Waals surface area contributed by atoms with Crippen molar-refractivity contribution in [3.63, 3.8) is 0 Å². The Bertz CT molecular complexity index is 3030. The van der Waals surface area contributed by atoms with E-state index in [-0.39, 0.29) is 0 Å². The number of benzene rings is 3. The standard InChI is InChI=1S/C48H38N6O2/c1-2-10-42-31(7-1)11-16-43-45-30-46-44(27-39(53-46)26-37-13-12-35(51-37)25-36-14-15-38(52-36)28-47(54-45)48(42)43)32-23-40(55-21-17-33-8-3-5-19-49-33)29-41(24-32)56-22-18-34-9-4-6-20-50-34/h1-16,19-20,23-30,51-54H,17-18,21-22H2. The van der Waals surface area contributed by atoms with Crippen LogP contribution in [0, 0.1) is 0 Å². The van der Waals surface area contributed by atoms with Gasteiger partial charge in [0.25, 0.3) is 0 Å². The molecule has 0 saturated heterocycles. The van der Waals surface area contributed by atoms with E-state index in [0.717, 1.165) is 83.6 Å². The largest absolute Gasteiger partial charge is 0.493 e. The van der Waals surface area contributed by atoms with Gasteiger partial charge < -0.3 is 29.4 Å². The van der Waals surface area contributed by atoms with Crippen LogP contribution in [0.5, 0.6) is 11.5 Å². The molecule has 4 N–H and O–H groups in total. The van der Waals surface area contributed by atoms with Crippen LogP contribution in [0.1, 0.15) is 34.2 Å². The lowest BCUT2D eigenvalue weighted by molar-refractivity contribution is 0.305. The molecular formula is C48H38N6O2. The first-order valence-electron chi connectivity index (χ1n) is 18.9. The summed E-state index contributed by atoms with van der Waals surface area (Å²) in [6.45, 7) is 0.962. The molecule has 3 aromatic carbocycles. The summed E-state index contributed by atoms with van der Waals surface area (Å²) in [7, 11) is 0. The van der Waals surface area contributed by atoms with E-state index in [2.05, 4.69) is 133 Å². The van der Waals surface area contributed by atoms with Crippen molar-refractivity contribution in [2.45, 2.75) is 12.8 Å². The van der Waals surface area contributed by atoms with Gasteiger partial charge >= 0.3 is 0 Å². The van der Waals surface area contributed by atoms with Gasteiger partial charge in [-0.25, -0.2) is 0 Å². The third-order valence-electron chi connectivity index (χ3n) is 10.2. The van der Waals surface area contributed by atoms with Gasteiger partial charge in [-0.15, -0.1) is 0 Å². The molecule has 0 atom stereocenters. The quantitative estimate of drug-likeness (QED) is 0.134. The van der Waals surface area contributed by atoms with Gasteiger partial charge in [-0.1, -0.05) is 48.5 Å². The molecule has 0 amide bonds. The summed E-state index contributed by atoms with van der Waals surface area (Å²) >= 11 is 0. The maximum absolute atomic E-state index is 6.42. The van der Waals surface area contributed by atoms with E-state index in [1.54, 1.807) is 0 Å². The molecule has 7 heterocycles. The number of ether oxygens (including phenoxy) is 2. The highest BCUT2D eigenvalue weighted by molar-refractivity contribution is 6.08. The Morgan fingerprint density at radius 2 is 1.16 bits per heavy atom. The molecule has 0 aliphatic carbocycles. The van der Waals surface area contributed by atoms with Crippen LogP contribution < -0.4 is 30.9 Å². The topological polar surface area (TPSA) is 107 Å². The van der Waals surface area contributed by atoms with Crippen LogP contribution in [0.25, 0.3) is 57.0 Å². The van der Waals surface area contributed by atoms with E-state index in [9.17, 15) is 0 Å². The van der Waals surface area contributed by atoms with Crippen molar-refractivity contribution in [3.8, 4) is 22.6 Å². The lowest BCUT2D eigenvalue weighted by atomic mass is 10.0. The first-order valence-corrected chi connectivity index (χ1v) is 18.9. The van der Waals surface area contributed by atoms with Gasteiger partial charge in [-0.2, -0.15) is 0 Å². The van der Waals surface area contributed by atoms with Crippen LogP contribution in [0.3, 0.4) is 0 Å². The van der Waals surface area contributed by atoms with Crippen LogP contribution >= 0.6 is 0 Å². The molecule has 1 aliphatic rings. The number of hydrogen-bond donors (Lipinski definition) is 4. The second-order valence-corrected chi connectivity index (χ2v) is 14.1. The van der Waals surface area contributed by atoms with Gasteiger partial charge in [-0.05, 0) is 107 Å². The summed E-state index contributed by atoms with van der Waals surface area (Å²) in [6, 6.07) is 41.7. The molecular weight excluding hydrogens is 693 g/mol. The average Bonchev–Trinajstić information content (AvgIpc) is 4.03. The lowest BCUT2D eigenvalue weighted by Crippen LogP contribution is -2.11. The van der Waals surface area contributed by atoms with Gasteiger partial charge in [0.2, 0.25) is 0 Å². The van der Waals surface area contributed by atoms with Crippen LogP contribution in [-0.2, 0) is 12.8 Å². The first-order chi connectivity index (χ1) is 27.7. The Hall–Kier alpha value is -7.32. The van der Waals surface area contributed by atoms with Crippen molar-refractivity contribution in [1.29, 1.82) is 0 Å². The van der Waals surface area contributed by atoms with E-state index in [0.29, 0.717) is 26.1 Å². The van der Waals surface area contributed by atoms with Gasteiger partial charge in [0.05, 0.1) is 13.2 Å². The third-order valence-corrected chi connectivity index (χ3v) is 10.2. The normalized spacial score (nSPS) is 12.1. The predicted octanol–water partition coefficient (Wildman–Crippen LogP) is 6.63. The molecule has 56 heavy (non-hydrogen) atoms. The SMILES string of the molecule is C1=c2ccc([nH]2)=Cc2cc(-c3cc(OCCc4ccccn4)cc(OCCc4ccccn4)c3)c([nH]2)C=c2[nH]c(c3c2ccc2ccccc23)=Cc2ccc1[nH]2. The third kappa shape index (κ3) is 6.92. The van der Waals surface area contributed by atoms with Gasteiger partial charge in [0, 0.05) is 103 Å². The lowest BCUT2D eigenvalue weighted by Gasteiger charge is -2.13. The van der Waals surface area contributed by atoms with Crippen LogP contribution in [0.2, 0.25) is 0 Å². The molecule has 8 nitrogen and oxygen atoms in total. The van der Waals surface area contributed by atoms with Crippen molar-refractivity contribution in [2.24, 2.45) is 0 Å². The highest BCUT2D eigenvalue weighted by Gasteiger charge is 2.14. The Kier molecular flexibility index (Phi) is 8.61. The molecule has 9 aromatic rings. The Balaban J connectivity index is 1.13. The van der Waals surface area contributed by atoms with E-state index in [4.69, 9.17) is 9.47 Å². The molecule has 0 radical (unpaired) electrons. The molecule has 0 unspecified atom stereocenters. The number of pyridine rings is 2. The average molecular weight is 731 g/mol. The summed E-state index contributed by atoms with van der Waals surface area (Å²) in [5.74, 6) is 1.45. The molecule has 6 aromatic heterocycles. The van der Waals surface area contributed by atoms with Crippen LogP contribution in [0.15, 0.2) is 134 Å². The summed E-state index contributed by atoms with van der Waals surface area (Å²) < 4.78 is 12.8. The number of aromatic amines is 4. The van der Waals surface area contributed by atoms with Crippen molar-refractivity contribution in [2.75, 3.05) is 13.2 Å². The maximum Gasteiger partial charge on any atom is 0.123 e. The Morgan fingerprint density at radius 3 is 1.88 bits per heavy atom. The molecule has 272 valence electrons. The van der Waals surface area contributed by atoms with E-state index >= 15 is 0 Å². The molecule has 8 heteroatoms. The van der Waals surface area contributed by atoms with Crippen molar-refractivity contribution in [1.82, 2.24) is 29.9 Å².